The molecule has 0 bridgehead atoms. The Balaban J connectivity index is 1.62. The third kappa shape index (κ3) is 6.30. The minimum Gasteiger partial charge on any atom is -0.300 e. The monoisotopic (exact) mass is 508 g/mol. The molecule has 0 aliphatic carbocycles. The molecule has 7 nitrogen and oxygen atoms in total. The van der Waals surface area contributed by atoms with Crippen LogP contribution >= 0.6 is 46.3 Å². The second kappa shape index (κ2) is 10.1. The third-order valence-electron chi connectivity index (χ3n) is 4.45. The highest BCUT2D eigenvalue weighted by Crippen LogP contribution is 2.30. The van der Waals surface area contributed by atoms with Crippen LogP contribution in [-0.4, -0.2) is 47.2 Å². The van der Waals surface area contributed by atoms with Gasteiger partial charge in [0.15, 0.2) is 4.34 Å². The van der Waals surface area contributed by atoms with E-state index in [1.54, 1.807) is 30.0 Å². The van der Waals surface area contributed by atoms with Crippen LogP contribution in [0.1, 0.15) is 32.3 Å². The highest BCUT2D eigenvalue weighted by molar-refractivity contribution is 8.01. The maximum Gasteiger partial charge on any atom is 0.230 e. The zero-order valence-electron chi connectivity index (χ0n) is 16.5. The fourth-order valence-corrected chi connectivity index (χ4v) is 6.95. The van der Waals surface area contributed by atoms with Crippen molar-refractivity contribution in [3.63, 3.8) is 0 Å². The van der Waals surface area contributed by atoms with Crippen molar-refractivity contribution in [2.45, 2.75) is 42.0 Å². The molecule has 1 aliphatic rings. The van der Waals surface area contributed by atoms with Crippen molar-refractivity contribution in [1.82, 2.24) is 14.5 Å². The van der Waals surface area contributed by atoms with Gasteiger partial charge in [-0.1, -0.05) is 66.2 Å². The van der Waals surface area contributed by atoms with Crippen molar-refractivity contribution in [1.29, 1.82) is 0 Å². The summed E-state index contributed by atoms with van der Waals surface area (Å²) >= 11 is 14.8. The van der Waals surface area contributed by atoms with Crippen LogP contribution in [0.25, 0.3) is 0 Å². The molecular weight excluding hydrogens is 487 g/mol. The summed E-state index contributed by atoms with van der Waals surface area (Å²) in [5, 5.41) is 12.3. The van der Waals surface area contributed by atoms with Crippen molar-refractivity contribution >= 4 is 67.4 Å². The van der Waals surface area contributed by atoms with E-state index in [-0.39, 0.29) is 18.2 Å². The van der Waals surface area contributed by atoms with Crippen molar-refractivity contribution in [3.8, 4) is 0 Å². The van der Waals surface area contributed by atoms with Gasteiger partial charge < -0.3 is 5.32 Å². The lowest BCUT2D eigenvalue weighted by atomic mass is 9.99. The zero-order valence-corrected chi connectivity index (χ0v) is 20.4. The minimum atomic E-state index is -3.59. The van der Waals surface area contributed by atoms with E-state index in [1.807, 2.05) is 0 Å². The first-order chi connectivity index (χ1) is 14.1. The summed E-state index contributed by atoms with van der Waals surface area (Å²) < 4.78 is 27.9. The predicted molar refractivity (Wildman–Crippen MR) is 123 cm³/mol. The second-order valence-electron chi connectivity index (χ2n) is 7.23. The summed E-state index contributed by atoms with van der Waals surface area (Å²) in [6.45, 7) is 4.64. The quantitative estimate of drug-likeness (QED) is 0.436. The molecule has 30 heavy (non-hydrogen) atoms. The number of aromatic nitrogens is 2. The first kappa shape index (κ1) is 23.7. The number of piperidine rings is 1. The van der Waals surface area contributed by atoms with E-state index in [4.69, 9.17) is 23.2 Å². The highest BCUT2D eigenvalue weighted by atomic mass is 35.5. The van der Waals surface area contributed by atoms with Crippen LogP contribution in [0.3, 0.4) is 0 Å². The first-order valence-corrected chi connectivity index (χ1v) is 13.4. The third-order valence-corrected chi connectivity index (χ3v) is 8.94. The maximum absolute atomic E-state index is 12.9. The van der Waals surface area contributed by atoms with Crippen LogP contribution in [0.15, 0.2) is 22.5 Å². The van der Waals surface area contributed by atoms with Crippen LogP contribution in [0.2, 0.25) is 10.0 Å². The number of hydrogen-bond donors (Lipinski definition) is 1. The average Bonchev–Trinajstić information content (AvgIpc) is 3.10. The molecule has 0 radical (unpaired) electrons. The molecule has 1 N–H and O–H groups in total. The smallest absolute Gasteiger partial charge is 0.230 e. The van der Waals surface area contributed by atoms with E-state index in [0.717, 1.165) is 4.34 Å². The number of carbonyl (C=O) groups excluding carboxylic acids is 1. The van der Waals surface area contributed by atoms with Crippen molar-refractivity contribution < 1.29 is 13.2 Å². The maximum atomic E-state index is 12.9. The molecular formula is C18H22Cl2N4O3S3. The summed E-state index contributed by atoms with van der Waals surface area (Å²) in [5.41, 5.74) is 0.556. The Hall–Kier alpha value is -0.910. The lowest BCUT2D eigenvalue weighted by Gasteiger charge is -2.31. The number of sulfonamides is 1. The first-order valence-electron chi connectivity index (χ1n) is 9.37. The number of rotatable bonds is 7. The van der Waals surface area contributed by atoms with Gasteiger partial charge >= 0.3 is 0 Å². The lowest BCUT2D eigenvalue weighted by molar-refractivity contribution is -0.120. The number of halogens is 2. The van der Waals surface area contributed by atoms with Crippen molar-refractivity contribution in [2.75, 3.05) is 18.4 Å². The van der Waals surface area contributed by atoms with E-state index in [9.17, 15) is 13.2 Å². The topological polar surface area (TPSA) is 92.3 Å². The molecule has 1 aromatic heterocycles. The van der Waals surface area contributed by atoms with Gasteiger partial charge in [-0.15, -0.1) is 10.2 Å². The number of hydrogen-bond acceptors (Lipinski definition) is 7. The Kier molecular flexibility index (Phi) is 8.03. The van der Waals surface area contributed by atoms with Crippen molar-refractivity contribution in [3.05, 3.63) is 33.8 Å². The van der Waals surface area contributed by atoms with E-state index in [0.29, 0.717) is 45.4 Å². The Labute approximate surface area is 194 Å². The van der Waals surface area contributed by atoms with E-state index in [1.165, 1.54) is 15.6 Å². The zero-order chi connectivity index (χ0) is 21.9. The number of nitrogens with one attached hydrogen (secondary N) is 1. The van der Waals surface area contributed by atoms with Crippen LogP contribution in [0.5, 0.6) is 0 Å². The molecule has 1 fully saturated rings. The van der Waals surface area contributed by atoms with Crippen LogP contribution < -0.4 is 5.32 Å². The fraction of sp³-hybridized carbons (Fsp3) is 0.500. The molecule has 1 aromatic carbocycles. The molecule has 2 aromatic rings. The Bertz CT molecular complexity index is 1010. The normalized spacial score (nSPS) is 18.0. The van der Waals surface area contributed by atoms with Crippen LogP contribution in [0, 0.1) is 5.92 Å². The number of benzene rings is 1. The van der Waals surface area contributed by atoms with Gasteiger partial charge in [0.1, 0.15) is 0 Å². The second-order valence-corrected chi connectivity index (χ2v) is 12.8. The van der Waals surface area contributed by atoms with Crippen molar-refractivity contribution in [2.24, 2.45) is 5.92 Å². The van der Waals surface area contributed by atoms with Gasteiger partial charge in [0.05, 0.1) is 21.7 Å². The molecule has 2 heterocycles. The molecule has 1 aliphatic heterocycles. The number of amides is 1. The molecule has 1 saturated heterocycles. The summed E-state index contributed by atoms with van der Waals surface area (Å²) in [4.78, 5) is 12.7. The van der Waals surface area contributed by atoms with Gasteiger partial charge in [0, 0.05) is 18.3 Å². The molecule has 164 valence electrons. The van der Waals surface area contributed by atoms with Crippen LogP contribution in [-0.2, 0) is 20.6 Å². The molecule has 3 rings (SSSR count). The Morgan fingerprint density at radius 1 is 1.33 bits per heavy atom. The molecule has 1 unspecified atom stereocenters. The minimum absolute atomic E-state index is 0.141. The van der Waals surface area contributed by atoms with E-state index >= 15 is 0 Å². The summed E-state index contributed by atoms with van der Waals surface area (Å²) in [6.07, 6.45) is 1.24. The van der Waals surface area contributed by atoms with E-state index < -0.39 is 15.9 Å². The van der Waals surface area contributed by atoms with Gasteiger partial charge in [0.2, 0.25) is 21.1 Å². The summed E-state index contributed by atoms with van der Waals surface area (Å²) in [6, 6.07) is 4.77. The summed E-state index contributed by atoms with van der Waals surface area (Å²) in [5.74, 6) is -0.862. The highest BCUT2D eigenvalue weighted by Gasteiger charge is 2.33. The lowest BCUT2D eigenvalue weighted by Crippen LogP contribution is -2.44. The van der Waals surface area contributed by atoms with E-state index in [2.05, 4.69) is 29.4 Å². The van der Waals surface area contributed by atoms with Gasteiger partial charge in [-0.2, -0.15) is 0 Å². The molecule has 0 spiro atoms. The van der Waals surface area contributed by atoms with Gasteiger partial charge in [-0.3, -0.25) is 4.79 Å². The molecule has 1 atom stereocenters. The standard InChI is InChI=1S/C18H22Cl2N4O3S3/c1-11(2)28-18-23-22-17(29-18)21-16(25)13-4-3-7-24(9-13)30(26,27)10-12-5-6-14(19)15(20)8-12/h5-6,8,11,13H,3-4,7,9-10H2,1-2H3,(H,21,22,25). The average molecular weight is 510 g/mol. The van der Waals surface area contributed by atoms with Gasteiger partial charge in [-0.05, 0) is 30.5 Å². The Morgan fingerprint density at radius 3 is 2.80 bits per heavy atom. The van der Waals surface area contributed by atoms with Crippen LogP contribution in [0.4, 0.5) is 5.13 Å². The number of anilines is 1. The fourth-order valence-electron chi connectivity index (χ4n) is 3.06. The molecule has 12 heteroatoms. The predicted octanol–water partition coefficient (Wildman–Crippen LogP) is 4.53. The SMILES string of the molecule is CC(C)Sc1nnc(NC(=O)C2CCCN(S(=O)(=O)Cc3ccc(Cl)c(Cl)c3)C2)s1. The number of carbonyl (C=O) groups is 1. The number of thioether (sulfide) groups is 1. The number of nitrogens with zero attached hydrogens (tertiary/aromatic N) is 3. The molecule has 1 amide bonds. The van der Waals surface area contributed by atoms with Gasteiger partial charge in [-0.25, -0.2) is 12.7 Å². The molecule has 0 saturated carbocycles. The summed E-state index contributed by atoms with van der Waals surface area (Å²) in [7, 11) is -3.59. The Morgan fingerprint density at radius 2 is 2.10 bits per heavy atom. The van der Waals surface area contributed by atoms with Gasteiger partial charge in [0.25, 0.3) is 0 Å². The largest absolute Gasteiger partial charge is 0.300 e.